The number of ether oxygens (including phenoxy) is 1. The Morgan fingerprint density at radius 1 is 1.19 bits per heavy atom. The van der Waals surface area contributed by atoms with Crippen LogP contribution in [0.25, 0.3) is 0 Å². The summed E-state index contributed by atoms with van der Waals surface area (Å²) < 4.78 is 5.77. The van der Waals surface area contributed by atoms with Gasteiger partial charge >= 0.3 is 0 Å². The van der Waals surface area contributed by atoms with Crippen molar-refractivity contribution in [3.63, 3.8) is 0 Å². The predicted molar refractivity (Wildman–Crippen MR) is 84.2 cm³/mol. The first kappa shape index (κ1) is 14.6. The fourth-order valence-electron chi connectivity index (χ4n) is 2.64. The van der Waals surface area contributed by atoms with Crippen LogP contribution < -0.4 is 0 Å². The van der Waals surface area contributed by atoms with Gasteiger partial charge < -0.3 is 4.74 Å². The second kappa shape index (κ2) is 6.18. The van der Waals surface area contributed by atoms with Crippen LogP contribution in [0.3, 0.4) is 0 Å². The SMILES string of the molecule is O=C(CC1OCCc2ccccc21)c1ccc(Cl)cc1Cl. The second-order valence-electron chi connectivity index (χ2n) is 5.06. The summed E-state index contributed by atoms with van der Waals surface area (Å²) in [7, 11) is 0. The molecule has 2 aromatic rings. The van der Waals surface area contributed by atoms with Gasteiger partial charge in [-0.05, 0) is 35.7 Å². The summed E-state index contributed by atoms with van der Waals surface area (Å²) in [6, 6.07) is 13.0. The van der Waals surface area contributed by atoms with E-state index in [1.54, 1.807) is 18.2 Å². The zero-order chi connectivity index (χ0) is 14.8. The van der Waals surface area contributed by atoms with Crippen LogP contribution in [0.5, 0.6) is 0 Å². The highest BCUT2D eigenvalue weighted by atomic mass is 35.5. The zero-order valence-corrected chi connectivity index (χ0v) is 12.8. The molecule has 0 N–H and O–H groups in total. The summed E-state index contributed by atoms with van der Waals surface area (Å²) in [5.74, 6) is -0.0293. The van der Waals surface area contributed by atoms with E-state index >= 15 is 0 Å². The lowest BCUT2D eigenvalue weighted by atomic mass is 9.93. The van der Waals surface area contributed by atoms with Crippen molar-refractivity contribution in [3.05, 3.63) is 69.2 Å². The second-order valence-corrected chi connectivity index (χ2v) is 5.90. The molecule has 0 bridgehead atoms. The van der Waals surface area contributed by atoms with Crippen LogP contribution in [0.4, 0.5) is 0 Å². The van der Waals surface area contributed by atoms with E-state index < -0.39 is 0 Å². The maximum absolute atomic E-state index is 12.4. The first-order valence-corrected chi connectivity index (χ1v) is 7.58. The van der Waals surface area contributed by atoms with Gasteiger partial charge in [-0.25, -0.2) is 0 Å². The smallest absolute Gasteiger partial charge is 0.167 e. The van der Waals surface area contributed by atoms with Gasteiger partial charge in [-0.15, -0.1) is 0 Å². The molecule has 1 heterocycles. The van der Waals surface area contributed by atoms with Gasteiger partial charge in [0.2, 0.25) is 0 Å². The van der Waals surface area contributed by atoms with E-state index in [0.29, 0.717) is 28.6 Å². The van der Waals surface area contributed by atoms with Gasteiger partial charge in [0.1, 0.15) is 0 Å². The monoisotopic (exact) mass is 320 g/mol. The summed E-state index contributed by atoms with van der Waals surface area (Å²) in [6.45, 7) is 0.642. The van der Waals surface area contributed by atoms with Crippen molar-refractivity contribution < 1.29 is 9.53 Å². The van der Waals surface area contributed by atoms with E-state index in [9.17, 15) is 4.79 Å². The van der Waals surface area contributed by atoms with Gasteiger partial charge in [0.25, 0.3) is 0 Å². The average molecular weight is 321 g/mol. The van der Waals surface area contributed by atoms with Crippen molar-refractivity contribution in [1.82, 2.24) is 0 Å². The number of fused-ring (bicyclic) bond motifs is 1. The maximum Gasteiger partial charge on any atom is 0.167 e. The van der Waals surface area contributed by atoms with Crippen LogP contribution in [0.2, 0.25) is 10.0 Å². The van der Waals surface area contributed by atoms with Gasteiger partial charge in [0.05, 0.1) is 17.7 Å². The zero-order valence-electron chi connectivity index (χ0n) is 11.3. The molecule has 0 saturated carbocycles. The first-order valence-electron chi connectivity index (χ1n) is 6.83. The largest absolute Gasteiger partial charge is 0.373 e. The van der Waals surface area contributed by atoms with E-state index in [-0.39, 0.29) is 11.9 Å². The van der Waals surface area contributed by atoms with Gasteiger partial charge in [-0.3, -0.25) is 4.79 Å². The van der Waals surface area contributed by atoms with Gasteiger partial charge in [-0.2, -0.15) is 0 Å². The fourth-order valence-corrected chi connectivity index (χ4v) is 3.15. The number of hydrogen-bond acceptors (Lipinski definition) is 2. The summed E-state index contributed by atoms with van der Waals surface area (Å²) >= 11 is 12.0. The van der Waals surface area contributed by atoms with E-state index in [0.717, 1.165) is 12.0 Å². The molecule has 2 aromatic carbocycles. The topological polar surface area (TPSA) is 26.3 Å². The molecule has 21 heavy (non-hydrogen) atoms. The summed E-state index contributed by atoms with van der Waals surface area (Å²) in [5, 5.41) is 0.910. The lowest BCUT2D eigenvalue weighted by Crippen LogP contribution is -2.19. The summed E-state index contributed by atoms with van der Waals surface area (Å²) in [6.07, 6.45) is 0.982. The van der Waals surface area contributed by atoms with Crippen molar-refractivity contribution in [2.75, 3.05) is 6.61 Å². The molecular weight excluding hydrogens is 307 g/mol. The molecule has 0 saturated heterocycles. The van der Waals surface area contributed by atoms with Crippen molar-refractivity contribution in [2.24, 2.45) is 0 Å². The number of rotatable bonds is 3. The molecule has 108 valence electrons. The number of halogens is 2. The average Bonchev–Trinajstić information content (AvgIpc) is 2.47. The number of benzene rings is 2. The standard InChI is InChI=1S/C17H14Cl2O2/c18-12-5-6-14(15(19)9-12)16(20)10-17-13-4-2-1-3-11(13)7-8-21-17/h1-6,9,17H,7-8,10H2. The van der Waals surface area contributed by atoms with E-state index in [1.807, 2.05) is 18.2 Å². The highest BCUT2D eigenvalue weighted by Gasteiger charge is 2.24. The van der Waals surface area contributed by atoms with Crippen molar-refractivity contribution >= 4 is 29.0 Å². The fraction of sp³-hybridized carbons (Fsp3) is 0.235. The number of carbonyl (C=O) groups is 1. The molecule has 0 amide bonds. The molecule has 0 radical (unpaired) electrons. The third-order valence-electron chi connectivity index (χ3n) is 3.69. The Kier molecular flexibility index (Phi) is 4.29. The summed E-state index contributed by atoms with van der Waals surface area (Å²) in [4.78, 5) is 12.4. The number of hydrogen-bond donors (Lipinski definition) is 0. The van der Waals surface area contributed by atoms with Gasteiger partial charge in [0, 0.05) is 17.0 Å². The molecular formula is C17H14Cl2O2. The first-order chi connectivity index (χ1) is 10.1. The predicted octanol–water partition coefficient (Wildman–Crippen LogP) is 4.88. The molecule has 0 fully saturated rings. The number of Topliss-reactive ketones (excluding diaryl/α,β-unsaturated/α-hetero) is 1. The third-order valence-corrected chi connectivity index (χ3v) is 4.24. The Morgan fingerprint density at radius 2 is 2.00 bits per heavy atom. The van der Waals surface area contributed by atoms with Crippen molar-refractivity contribution in [2.45, 2.75) is 18.9 Å². The van der Waals surface area contributed by atoms with Gasteiger partial charge in [0.15, 0.2) is 5.78 Å². The highest BCUT2D eigenvalue weighted by Crippen LogP contribution is 2.32. The van der Waals surface area contributed by atoms with Crippen molar-refractivity contribution in [1.29, 1.82) is 0 Å². The molecule has 0 aromatic heterocycles. The van der Waals surface area contributed by atoms with Crippen LogP contribution in [0.1, 0.15) is 34.0 Å². The normalized spacial score (nSPS) is 17.3. The molecule has 2 nitrogen and oxygen atoms in total. The maximum atomic E-state index is 12.4. The van der Waals surface area contributed by atoms with Crippen LogP contribution in [0, 0.1) is 0 Å². The summed E-state index contributed by atoms with van der Waals surface area (Å²) in [5.41, 5.74) is 2.85. The molecule has 1 atom stereocenters. The number of ketones is 1. The quantitative estimate of drug-likeness (QED) is 0.753. The molecule has 0 aliphatic carbocycles. The Bertz CT molecular complexity index is 682. The molecule has 0 spiro atoms. The van der Waals surface area contributed by atoms with Crippen LogP contribution in [-0.4, -0.2) is 12.4 Å². The minimum Gasteiger partial charge on any atom is -0.373 e. The van der Waals surface area contributed by atoms with Crippen LogP contribution in [-0.2, 0) is 11.2 Å². The van der Waals surface area contributed by atoms with E-state index in [1.165, 1.54) is 5.56 Å². The Balaban J connectivity index is 1.83. The lowest BCUT2D eigenvalue weighted by molar-refractivity contribution is 0.0352. The van der Waals surface area contributed by atoms with Crippen molar-refractivity contribution in [3.8, 4) is 0 Å². The Morgan fingerprint density at radius 3 is 2.81 bits per heavy atom. The van der Waals surface area contributed by atoms with E-state index in [2.05, 4.69) is 6.07 Å². The molecule has 1 unspecified atom stereocenters. The lowest BCUT2D eigenvalue weighted by Gasteiger charge is -2.25. The minimum atomic E-state index is -0.200. The molecule has 1 aliphatic rings. The minimum absolute atomic E-state index is 0.0293. The Hall–Kier alpha value is -1.35. The third kappa shape index (κ3) is 3.13. The highest BCUT2D eigenvalue weighted by molar-refractivity contribution is 6.36. The van der Waals surface area contributed by atoms with Gasteiger partial charge in [-0.1, -0.05) is 47.5 Å². The van der Waals surface area contributed by atoms with E-state index in [4.69, 9.17) is 27.9 Å². The molecule has 4 heteroatoms. The van der Waals surface area contributed by atoms with Crippen LogP contribution in [0.15, 0.2) is 42.5 Å². The molecule has 1 aliphatic heterocycles. The Labute approximate surface area is 133 Å². The van der Waals surface area contributed by atoms with Crippen LogP contribution >= 0.6 is 23.2 Å². The molecule has 3 rings (SSSR count). The number of carbonyl (C=O) groups excluding carboxylic acids is 1.